The number of nitrogens with one attached hydrogen (secondary N) is 2. The van der Waals surface area contributed by atoms with Crippen LogP contribution in [0.25, 0.3) is 0 Å². The maximum absolute atomic E-state index is 14.3. The molecule has 3 amide bonds. The van der Waals surface area contributed by atoms with Crippen LogP contribution in [0.4, 0.5) is 4.79 Å². The molecule has 0 fully saturated rings. The van der Waals surface area contributed by atoms with Crippen LogP contribution in [-0.2, 0) is 23.9 Å². The van der Waals surface area contributed by atoms with Crippen LogP contribution >= 0.6 is 11.8 Å². The standard InChI is InChI=1S/C29H47N3O6S/c1-11-37-23(33)15-17-30-25(34)24(21-14-12-13-19(2)20(21)3)32(28(4,5)6)26(35)22(16-18-39-10)31-27(36)38-29(7,8)9/h12-14,22,24H,11,15-18H2,1-10H3,(H,30,34)(H,31,36). The van der Waals surface area contributed by atoms with E-state index >= 15 is 0 Å². The van der Waals surface area contributed by atoms with Gasteiger partial charge in [0, 0.05) is 12.1 Å². The molecule has 9 nitrogen and oxygen atoms in total. The molecule has 0 aliphatic rings. The van der Waals surface area contributed by atoms with Gasteiger partial charge < -0.3 is 25.0 Å². The van der Waals surface area contributed by atoms with Gasteiger partial charge in [0.2, 0.25) is 11.8 Å². The molecular weight excluding hydrogens is 518 g/mol. The Hall–Kier alpha value is -2.75. The van der Waals surface area contributed by atoms with E-state index in [0.29, 0.717) is 17.7 Å². The maximum atomic E-state index is 14.3. The van der Waals surface area contributed by atoms with E-state index in [-0.39, 0.29) is 19.6 Å². The van der Waals surface area contributed by atoms with Gasteiger partial charge in [-0.15, -0.1) is 0 Å². The molecule has 0 aliphatic heterocycles. The van der Waals surface area contributed by atoms with Gasteiger partial charge in [-0.25, -0.2) is 4.79 Å². The Kier molecular flexibility index (Phi) is 13.3. The number of amides is 3. The predicted molar refractivity (Wildman–Crippen MR) is 156 cm³/mol. The topological polar surface area (TPSA) is 114 Å². The van der Waals surface area contributed by atoms with Crippen LogP contribution in [0.3, 0.4) is 0 Å². The first-order valence-electron chi connectivity index (χ1n) is 13.3. The Labute approximate surface area is 238 Å². The quantitative estimate of drug-likeness (QED) is 0.354. The fourth-order valence-corrected chi connectivity index (χ4v) is 4.51. The minimum atomic E-state index is -1.00. The Morgan fingerprint density at radius 3 is 2.23 bits per heavy atom. The molecule has 1 rings (SSSR count). The maximum Gasteiger partial charge on any atom is 0.408 e. The fraction of sp³-hybridized carbons (Fsp3) is 0.655. The smallest absolute Gasteiger partial charge is 0.408 e. The zero-order valence-electron chi connectivity index (χ0n) is 25.2. The second kappa shape index (κ2) is 15.1. The highest BCUT2D eigenvalue weighted by Gasteiger charge is 2.42. The molecule has 0 bridgehead atoms. The molecule has 0 heterocycles. The molecule has 0 saturated heterocycles. The summed E-state index contributed by atoms with van der Waals surface area (Å²) in [4.78, 5) is 54.2. The van der Waals surface area contributed by atoms with Crippen molar-refractivity contribution in [1.82, 2.24) is 15.5 Å². The van der Waals surface area contributed by atoms with Crippen molar-refractivity contribution in [2.75, 3.05) is 25.2 Å². The molecule has 10 heteroatoms. The third kappa shape index (κ3) is 11.1. The number of carbonyl (C=O) groups is 4. The number of alkyl carbamates (subject to hydrolysis) is 1. The molecule has 0 saturated carbocycles. The van der Waals surface area contributed by atoms with E-state index in [0.717, 1.165) is 11.1 Å². The second-order valence-corrected chi connectivity index (χ2v) is 12.4. The molecule has 0 radical (unpaired) electrons. The number of aryl methyl sites for hydroxylation is 1. The molecule has 1 aromatic carbocycles. The first-order valence-corrected chi connectivity index (χ1v) is 14.7. The van der Waals surface area contributed by atoms with Gasteiger partial charge >= 0.3 is 12.1 Å². The number of nitrogens with zero attached hydrogens (tertiary/aromatic N) is 1. The zero-order chi connectivity index (χ0) is 30.0. The van der Waals surface area contributed by atoms with Crippen LogP contribution in [0.1, 0.15) is 84.0 Å². The summed E-state index contributed by atoms with van der Waals surface area (Å²) in [6.07, 6.45) is 1.60. The van der Waals surface area contributed by atoms with Gasteiger partial charge in [0.1, 0.15) is 17.7 Å². The number of thioether (sulfide) groups is 1. The summed E-state index contributed by atoms with van der Waals surface area (Å²) in [5, 5.41) is 5.57. The van der Waals surface area contributed by atoms with Gasteiger partial charge in [-0.05, 0) is 97.4 Å². The van der Waals surface area contributed by atoms with Gasteiger partial charge in [0.15, 0.2) is 0 Å². The fourth-order valence-electron chi connectivity index (χ4n) is 4.04. The molecule has 0 aliphatic carbocycles. The van der Waals surface area contributed by atoms with E-state index in [1.807, 2.05) is 59.1 Å². The normalized spacial score (nSPS) is 13.2. The molecule has 39 heavy (non-hydrogen) atoms. The van der Waals surface area contributed by atoms with Gasteiger partial charge in [-0.1, -0.05) is 18.2 Å². The van der Waals surface area contributed by atoms with Crippen molar-refractivity contribution in [3.05, 3.63) is 34.9 Å². The van der Waals surface area contributed by atoms with E-state index in [2.05, 4.69) is 10.6 Å². The lowest BCUT2D eigenvalue weighted by Gasteiger charge is -2.43. The molecule has 0 spiro atoms. The van der Waals surface area contributed by atoms with Crippen molar-refractivity contribution < 1.29 is 28.7 Å². The monoisotopic (exact) mass is 565 g/mol. The zero-order valence-corrected chi connectivity index (χ0v) is 26.0. The highest BCUT2D eigenvalue weighted by atomic mass is 32.2. The summed E-state index contributed by atoms with van der Waals surface area (Å²) in [6, 6.07) is 3.72. The van der Waals surface area contributed by atoms with E-state index in [4.69, 9.17) is 9.47 Å². The second-order valence-electron chi connectivity index (χ2n) is 11.4. The Morgan fingerprint density at radius 1 is 1.05 bits per heavy atom. The van der Waals surface area contributed by atoms with Crippen LogP contribution in [0.5, 0.6) is 0 Å². The molecule has 2 N–H and O–H groups in total. The van der Waals surface area contributed by atoms with Crippen LogP contribution in [0, 0.1) is 13.8 Å². The number of ether oxygens (including phenoxy) is 2. The van der Waals surface area contributed by atoms with E-state index in [1.54, 1.807) is 39.5 Å². The molecule has 1 aromatic rings. The Morgan fingerprint density at radius 2 is 1.69 bits per heavy atom. The molecule has 2 unspecified atom stereocenters. The van der Waals surface area contributed by atoms with Crippen LogP contribution in [0.15, 0.2) is 18.2 Å². The summed E-state index contributed by atoms with van der Waals surface area (Å²) in [6.45, 7) is 16.7. The van der Waals surface area contributed by atoms with Gasteiger partial charge in [0.05, 0.1) is 13.0 Å². The summed E-state index contributed by atoms with van der Waals surface area (Å²) in [5.41, 5.74) is 0.993. The van der Waals surface area contributed by atoms with Crippen molar-refractivity contribution in [2.24, 2.45) is 0 Å². The number of rotatable bonds is 12. The molecular formula is C29H47N3O6S. The SMILES string of the molecule is CCOC(=O)CCNC(=O)C(c1cccc(C)c1C)N(C(=O)C(CCSC)NC(=O)OC(C)(C)C)C(C)(C)C. The third-order valence-corrected chi connectivity index (χ3v) is 6.59. The van der Waals surface area contributed by atoms with Gasteiger partial charge in [-0.2, -0.15) is 11.8 Å². The summed E-state index contributed by atoms with van der Waals surface area (Å²) >= 11 is 1.55. The first-order chi connectivity index (χ1) is 18.0. The highest BCUT2D eigenvalue weighted by molar-refractivity contribution is 7.98. The predicted octanol–water partition coefficient (Wildman–Crippen LogP) is 4.69. The van der Waals surface area contributed by atoms with Crippen LogP contribution < -0.4 is 10.6 Å². The van der Waals surface area contributed by atoms with Crippen LogP contribution in [0.2, 0.25) is 0 Å². The van der Waals surface area contributed by atoms with Gasteiger partial charge in [0.25, 0.3) is 0 Å². The third-order valence-electron chi connectivity index (χ3n) is 5.94. The lowest BCUT2D eigenvalue weighted by molar-refractivity contribution is -0.149. The lowest BCUT2D eigenvalue weighted by atomic mass is 9.91. The Bertz CT molecular complexity index is 1000. The van der Waals surface area contributed by atoms with Gasteiger partial charge in [-0.3, -0.25) is 14.4 Å². The number of benzene rings is 1. The number of carbonyl (C=O) groups excluding carboxylic acids is 4. The highest BCUT2D eigenvalue weighted by Crippen LogP contribution is 2.33. The molecule has 0 aromatic heterocycles. The van der Waals surface area contributed by atoms with E-state index < -0.39 is 47.1 Å². The Balaban J connectivity index is 3.54. The summed E-state index contributed by atoms with van der Waals surface area (Å²) < 4.78 is 10.4. The molecule has 2 atom stereocenters. The van der Waals surface area contributed by atoms with Crippen LogP contribution in [-0.4, -0.2) is 71.1 Å². The van der Waals surface area contributed by atoms with Crippen molar-refractivity contribution in [3.63, 3.8) is 0 Å². The minimum Gasteiger partial charge on any atom is -0.466 e. The number of hydrogen-bond donors (Lipinski definition) is 2. The van der Waals surface area contributed by atoms with Crippen molar-refractivity contribution >= 4 is 35.6 Å². The van der Waals surface area contributed by atoms with Crippen molar-refractivity contribution in [1.29, 1.82) is 0 Å². The average Bonchev–Trinajstić information content (AvgIpc) is 2.80. The number of hydrogen-bond acceptors (Lipinski definition) is 7. The van der Waals surface area contributed by atoms with E-state index in [9.17, 15) is 19.2 Å². The largest absolute Gasteiger partial charge is 0.466 e. The molecule has 220 valence electrons. The lowest BCUT2D eigenvalue weighted by Crippen LogP contribution is -2.59. The van der Waals surface area contributed by atoms with E-state index in [1.165, 1.54) is 4.90 Å². The average molecular weight is 566 g/mol. The number of esters is 1. The van der Waals surface area contributed by atoms with Crippen molar-refractivity contribution in [3.8, 4) is 0 Å². The summed E-state index contributed by atoms with van der Waals surface area (Å²) in [7, 11) is 0. The first kappa shape index (κ1) is 34.3. The summed E-state index contributed by atoms with van der Waals surface area (Å²) in [5.74, 6) is -0.612. The minimum absolute atomic E-state index is 0.0130. The van der Waals surface area contributed by atoms with Crippen molar-refractivity contribution in [2.45, 2.75) is 98.4 Å².